The van der Waals surface area contributed by atoms with Crippen LogP contribution >= 0.6 is 34.7 Å². The van der Waals surface area contributed by atoms with Crippen LogP contribution in [0, 0.1) is 12.7 Å². The lowest BCUT2D eigenvalue weighted by atomic mass is 9.95. The summed E-state index contributed by atoms with van der Waals surface area (Å²) in [6.07, 6.45) is 0. The molecule has 1 atom stereocenters. The number of aromatic nitrogens is 2. The summed E-state index contributed by atoms with van der Waals surface area (Å²) in [7, 11) is 0. The van der Waals surface area contributed by atoms with Gasteiger partial charge in [0.25, 0.3) is 5.78 Å². The first-order chi connectivity index (χ1) is 21.3. The summed E-state index contributed by atoms with van der Waals surface area (Å²) < 4.78 is 21.1. The van der Waals surface area contributed by atoms with Crippen LogP contribution in [0.3, 0.4) is 0 Å². The highest BCUT2D eigenvalue weighted by molar-refractivity contribution is 8.00. The Morgan fingerprint density at radius 2 is 1.73 bits per heavy atom. The van der Waals surface area contributed by atoms with Crippen LogP contribution in [0.25, 0.3) is 5.76 Å². The largest absolute Gasteiger partial charge is 0.507 e. The van der Waals surface area contributed by atoms with Gasteiger partial charge in [-0.3, -0.25) is 14.5 Å². The van der Waals surface area contributed by atoms with E-state index < -0.39 is 29.3 Å². The number of aryl methyl sites for hydroxylation is 1. The minimum atomic E-state index is -1.08. The van der Waals surface area contributed by atoms with E-state index in [1.807, 2.05) is 30.3 Å². The number of hydrogen-bond acceptors (Lipinski definition) is 8. The molecule has 1 fully saturated rings. The van der Waals surface area contributed by atoms with Crippen LogP contribution in [0.15, 0.2) is 107 Å². The molecule has 2 heterocycles. The van der Waals surface area contributed by atoms with E-state index in [0.29, 0.717) is 37.7 Å². The first-order valence-electron chi connectivity index (χ1n) is 13.4. The van der Waals surface area contributed by atoms with Crippen molar-refractivity contribution in [3.63, 3.8) is 0 Å². The van der Waals surface area contributed by atoms with E-state index in [1.54, 1.807) is 55.5 Å². The lowest BCUT2D eigenvalue weighted by molar-refractivity contribution is -0.132. The number of aliphatic hydroxyl groups excluding tert-OH is 1. The van der Waals surface area contributed by atoms with Gasteiger partial charge in [0, 0.05) is 16.3 Å². The molecule has 0 aliphatic carbocycles. The normalized spacial score (nSPS) is 16.0. The molecular weight excluding hydrogens is 621 g/mol. The average molecular weight is 644 g/mol. The molecule has 44 heavy (non-hydrogen) atoms. The molecule has 4 aromatic carbocycles. The van der Waals surface area contributed by atoms with Crippen LogP contribution < -0.4 is 9.64 Å². The Bertz CT molecular complexity index is 1900. The number of ketones is 1. The number of ether oxygens (including phenoxy) is 1. The van der Waals surface area contributed by atoms with Gasteiger partial charge < -0.3 is 9.84 Å². The van der Waals surface area contributed by atoms with Gasteiger partial charge in [-0.15, -0.1) is 10.2 Å². The number of hydrogen-bond donors (Lipinski definition) is 1. The van der Waals surface area contributed by atoms with Crippen LogP contribution in [0.1, 0.15) is 28.3 Å². The van der Waals surface area contributed by atoms with Crippen molar-refractivity contribution in [2.75, 3.05) is 4.90 Å². The van der Waals surface area contributed by atoms with Gasteiger partial charge in [0.2, 0.25) is 5.13 Å². The fourth-order valence-electron chi connectivity index (χ4n) is 4.70. The molecule has 1 N–H and O–H groups in total. The molecule has 7 nitrogen and oxygen atoms in total. The molecule has 6 rings (SSSR count). The molecule has 5 aromatic rings. The molecule has 0 saturated carbocycles. The summed E-state index contributed by atoms with van der Waals surface area (Å²) in [4.78, 5) is 28.4. The molecule has 1 unspecified atom stereocenters. The molecule has 1 amide bonds. The number of carbonyl (C=O) groups is 2. The van der Waals surface area contributed by atoms with Gasteiger partial charge in [0.15, 0.2) is 4.34 Å². The number of Topliss-reactive ketones (excluding diaryl/α,β-unsaturated/α-hetero) is 1. The van der Waals surface area contributed by atoms with Crippen molar-refractivity contribution in [2.45, 2.75) is 23.1 Å². The van der Waals surface area contributed by atoms with Crippen LogP contribution in [0.2, 0.25) is 5.02 Å². The summed E-state index contributed by atoms with van der Waals surface area (Å²) >= 11 is 8.57. The lowest BCUT2D eigenvalue weighted by Crippen LogP contribution is -2.29. The zero-order chi connectivity index (χ0) is 30.8. The third kappa shape index (κ3) is 6.10. The summed E-state index contributed by atoms with van der Waals surface area (Å²) in [5.74, 6) is -1.21. The van der Waals surface area contributed by atoms with E-state index in [0.717, 1.165) is 23.0 Å². The van der Waals surface area contributed by atoms with Crippen molar-refractivity contribution in [2.24, 2.45) is 0 Å². The molecule has 0 spiro atoms. The number of amides is 1. The minimum Gasteiger partial charge on any atom is -0.507 e. The number of rotatable bonds is 8. The summed E-state index contributed by atoms with van der Waals surface area (Å²) in [6, 6.07) is 26.5. The Hall–Kier alpha value is -4.51. The lowest BCUT2D eigenvalue weighted by Gasteiger charge is -2.23. The molecule has 220 valence electrons. The maximum absolute atomic E-state index is 14.5. The van der Waals surface area contributed by atoms with E-state index in [9.17, 15) is 19.1 Å². The van der Waals surface area contributed by atoms with Crippen molar-refractivity contribution in [1.82, 2.24) is 10.2 Å². The Kier molecular flexibility index (Phi) is 8.47. The van der Waals surface area contributed by atoms with Gasteiger partial charge in [0.05, 0.1) is 11.6 Å². The highest BCUT2D eigenvalue weighted by Crippen LogP contribution is 2.45. The number of benzene rings is 4. The molecule has 0 bridgehead atoms. The maximum Gasteiger partial charge on any atom is 0.301 e. The number of para-hydroxylation sites is 1. The Labute approximate surface area is 265 Å². The van der Waals surface area contributed by atoms with E-state index in [4.69, 9.17) is 16.3 Å². The summed E-state index contributed by atoms with van der Waals surface area (Å²) in [5, 5.41) is 20.7. The van der Waals surface area contributed by atoms with Crippen molar-refractivity contribution >= 4 is 57.3 Å². The first-order valence-corrected chi connectivity index (χ1v) is 15.6. The topological polar surface area (TPSA) is 92.6 Å². The number of thioether (sulfide) groups is 1. The fraction of sp³-hybridized carbons (Fsp3) is 0.0909. The van der Waals surface area contributed by atoms with Crippen molar-refractivity contribution in [1.29, 1.82) is 0 Å². The Morgan fingerprint density at radius 3 is 2.48 bits per heavy atom. The molecule has 0 radical (unpaired) electrons. The standard InChI is InChI=1S/C33H23ClFN3O4S2/c1-19-10-13-22(17-26(19)35)29(39)27-28(21-6-5-9-25(16-21)42-24-7-3-2-4-8-24)38(31(41)30(27)40)32-36-37-33(44-32)43-18-20-11-14-23(34)15-12-20/h2-17,28,39H,18H2,1H3/b29-27-. The van der Waals surface area contributed by atoms with Crippen LogP contribution in [0.4, 0.5) is 9.52 Å². The van der Waals surface area contributed by atoms with Gasteiger partial charge in [-0.25, -0.2) is 4.39 Å². The predicted molar refractivity (Wildman–Crippen MR) is 170 cm³/mol. The number of nitrogens with zero attached hydrogens (tertiary/aromatic N) is 3. The van der Waals surface area contributed by atoms with Crippen LogP contribution in [-0.4, -0.2) is 27.0 Å². The molecule has 1 aliphatic rings. The van der Waals surface area contributed by atoms with E-state index in [1.165, 1.54) is 28.8 Å². The van der Waals surface area contributed by atoms with Gasteiger partial charge in [0.1, 0.15) is 23.1 Å². The second kappa shape index (κ2) is 12.6. The van der Waals surface area contributed by atoms with Gasteiger partial charge >= 0.3 is 5.91 Å². The fourth-order valence-corrected chi connectivity index (χ4v) is 6.65. The zero-order valence-electron chi connectivity index (χ0n) is 23.1. The number of aliphatic hydroxyl groups is 1. The van der Waals surface area contributed by atoms with Gasteiger partial charge in [-0.05, 0) is 66.1 Å². The molecule has 1 aromatic heterocycles. The van der Waals surface area contributed by atoms with Gasteiger partial charge in [-0.1, -0.05) is 89.3 Å². The number of carbonyl (C=O) groups excluding carboxylic acids is 2. The van der Waals surface area contributed by atoms with E-state index in [-0.39, 0.29) is 16.3 Å². The van der Waals surface area contributed by atoms with E-state index >= 15 is 0 Å². The Morgan fingerprint density at radius 1 is 0.977 bits per heavy atom. The van der Waals surface area contributed by atoms with Crippen LogP contribution in [-0.2, 0) is 15.3 Å². The predicted octanol–water partition coefficient (Wildman–Crippen LogP) is 8.35. The number of anilines is 1. The highest BCUT2D eigenvalue weighted by Gasteiger charge is 2.48. The highest BCUT2D eigenvalue weighted by atomic mass is 35.5. The minimum absolute atomic E-state index is 0.0734. The summed E-state index contributed by atoms with van der Waals surface area (Å²) in [5.41, 5.74) is 1.77. The summed E-state index contributed by atoms with van der Waals surface area (Å²) in [6.45, 7) is 1.59. The average Bonchev–Trinajstić information content (AvgIpc) is 3.60. The Balaban J connectivity index is 1.40. The molecule has 1 aliphatic heterocycles. The SMILES string of the molecule is Cc1ccc(/C(O)=C2/C(=O)C(=O)N(c3nnc(SCc4ccc(Cl)cc4)s3)C2c2cccc(Oc3ccccc3)c2)cc1F. The van der Waals surface area contributed by atoms with Crippen molar-refractivity contribution in [3.05, 3.63) is 136 Å². The first kappa shape index (κ1) is 29.6. The molecule has 11 heteroatoms. The molecular formula is C33H23ClFN3O4S2. The maximum atomic E-state index is 14.5. The van der Waals surface area contributed by atoms with Crippen LogP contribution in [0.5, 0.6) is 11.5 Å². The quantitative estimate of drug-likeness (QED) is 0.0597. The monoisotopic (exact) mass is 643 g/mol. The second-order valence-corrected chi connectivity index (χ2v) is 12.5. The van der Waals surface area contributed by atoms with Crippen molar-refractivity contribution in [3.8, 4) is 11.5 Å². The number of halogens is 2. The molecule has 1 saturated heterocycles. The van der Waals surface area contributed by atoms with Gasteiger partial charge in [-0.2, -0.15) is 0 Å². The van der Waals surface area contributed by atoms with E-state index in [2.05, 4.69) is 10.2 Å². The third-order valence-corrected chi connectivity index (χ3v) is 9.30. The smallest absolute Gasteiger partial charge is 0.301 e. The zero-order valence-corrected chi connectivity index (χ0v) is 25.5. The third-order valence-electron chi connectivity index (χ3n) is 6.92. The second-order valence-electron chi connectivity index (χ2n) is 9.89. The van der Waals surface area contributed by atoms with Crippen molar-refractivity contribution < 1.29 is 23.8 Å².